The van der Waals surface area contributed by atoms with Crippen molar-refractivity contribution in [2.45, 2.75) is 33.8 Å². The first-order chi connectivity index (χ1) is 21.6. The number of rotatable bonds is 10. The van der Waals surface area contributed by atoms with Crippen molar-refractivity contribution in [2.24, 2.45) is 0 Å². The van der Waals surface area contributed by atoms with Gasteiger partial charge in [0.15, 0.2) is 5.89 Å². The summed E-state index contributed by atoms with van der Waals surface area (Å²) in [5.41, 5.74) is 2.50. The van der Waals surface area contributed by atoms with Crippen LogP contribution in [0.3, 0.4) is 0 Å². The number of nitrogens with zero attached hydrogens (tertiary/aromatic N) is 4. The molecule has 2 aromatic heterocycles. The molecule has 0 saturated carbocycles. The number of halogens is 3. The Labute approximate surface area is 305 Å². The normalized spacial score (nSPS) is 14.2. The summed E-state index contributed by atoms with van der Waals surface area (Å²) in [6, 6.07) is 21.5. The molecule has 45 heavy (non-hydrogen) atoms. The first-order valence-electron chi connectivity index (χ1n) is 14.7. The summed E-state index contributed by atoms with van der Waals surface area (Å²) >= 11 is 3.89. The van der Waals surface area contributed by atoms with E-state index in [0.29, 0.717) is 63.5 Å². The number of piperazine rings is 1. The molecule has 2 N–H and O–H groups in total. The molecule has 232 valence electrons. The molecule has 0 spiro atoms. The van der Waals surface area contributed by atoms with Gasteiger partial charge in [0.1, 0.15) is 5.69 Å². The molecule has 3 heterocycles. The van der Waals surface area contributed by atoms with Crippen LogP contribution in [0.4, 0.5) is 26.4 Å². The maximum Gasteiger partial charge on any atom is -0.435 e. The number of anilines is 3. The standard InChI is InChI=1S/C32H32FI2N6O3.Tl/c1-2-23(14-13-22-9-5-3-6-10-22)30-39-28(32(33,34)35)27(44-30)29(42)37-25-15-16-26(36-21-25)40-17-19-41(20-18-40)31(43)38-24-11-7-4-8-12-24;/h3-11,15-16,21,23H,2,13-14,17-20H2,1H3,(H,37,42)(H,38,43);. The molecular weight excluding hydrogens is 994 g/mol. The number of oxazole rings is 1. The summed E-state index contributed by atoms with van der Waals surface area (Å²) < 4.78 is 20.4. The van der Waals surface area contributed by atoms with Crippen molar-refractivity contribution in [3.05, 3.63) is 95.8 Å². The third-order valence-corrected chi connectivity index (χ3v) is 10.7. The van der Waals surface area contributed by atoms with Gasteiger partial charge in [-0.1, -0.05) is 37.3 Å². The van der Waals surface area contributed by atoms with Gasteiger partial charge >= 0.3 is 146 Å². The monoisotopic (exact) mass is 1030 g/mol. The number of hydrogen-bond acceptors (Lipinski definition) is 6. The Balaban J connectivity index is 1.20. The van der Waals surface area contributed by atoms with Crippen molar-refractivity contribution >= 4 is 103 Å². The Bertz CT molecular complexity index is 1610. The first-order valence-corrected chi connectivity index (χ1v) is 19.1. The number of carbonyl (C=O) groups is 2. The fraction of sp³-hybridized carbons (Fsp3) is 0.312. The molecule has 1 unspecified atom stereocenters. The molecule has 0 aliphatic carbocycles. The number of benzene rings is 2. The molecule has 9 nitrogen and oxygen atoms in total. The van der Waals surface area contributed by atoms with Crippen molar-refractivity contribution in [3.63, 3.8) is 0 Å². The number of aryl methyl sites for hydroxylation is 1. The second-order valence-electron chi connectivity index (χ2n) is 10.7. The predicted molar refractivity (Wildman–Crippen MR) is 192 cm³/mol. The van der Waals surface area contributed by atoms with Gasteiger partial charge in [0.05, 0.1) is 0 Å². The fourth-order valence-corrected chi connectivity index (χ4v) is 6.94. The maximum atomic E-state index is 15.2. The number of alkyl halides is 3. The summed E-state index contributed by atoms with van der Waals surface area (Å²) in [5, 5.41) is 5.82. The first kappa shape index (κ1) is 34.0. The van der Waals surface area contributed by atoms with Gasteiger partial charge in [-0.15, -0.1) is 0 Å². The Morgan fingerprint density at radius 3 is 2.38 bits per heavy atom. The third-order valence-electron chi connectivity index (χ3n) is 7.68. The van der Waals surface area contributed by atoms with Gasteiger partial charge in [-0.05, 0) is 70.0 Å². The number of aromatic nitrogens is 2. The molecular formula is C32H32FI2N6O3Tl. The van der Waals surface area contributed by atoms with E-state index in [2.05, 4.69) is 37.6 Å². The molecule has 1 aliphatic rings. The topological polar surface area (TPSA) is 104 Å². The zero-order valence-corrected chi connectivity index (χ0v) is 33.5. The van der Waals surface area contributed by atoms with Crippen molar-refractivity contribution in [3.8, 4) is 0 Å². The minimum Gasteiger partial charge on any atom is -0.435 e. The van der Waals surface area contributed by atoms with Crippen LogP contribution in [0.2, 0.25) is 0 Å². The Kier molecular flexibility index (Phi) is 11.7. The van der Waals surface area contributed by atoms with E-state index in [1.165, 1.54) is 8.69 Å². The van der Waals surface area contributed by atoms with Crippen LogP contribution in [0.5, 0.6) is 0 Å². The van der Waals surface area contributed by atoms with Crippen LogP contribution in [0.1, 0.15) is 53.4 Å². The SMILES string of the molecule is CCC(CCc1ccccc1)c1nc(C(F)(I)I)c(C(=O)Nc2ccc(N3CCN(C(=O)Nc4cccc[c]4[Tl])CC3)nc2)o1. The van der Waals surface area contributed by atoms with E-state index in [-0.39, 0.29) is 23.4 Å². The molecule has 4 aromatic rings. The minimum atomic E-state index is -1.93. The van der Waals surface area contributed by atoms with Crippen molar-refractivity contribution in [2.75, 3.05) is 41.7 Å². The van der Waals surface area contributed by atoms with Crippen LogP contribution in [-0.4, -0.2) is 78.8 Å². The van der Waals surface area contributed by atoms with E-state index in [1.807, 2.05) is 55.5 Å². The Morgan fingerprint density at radius 2 is 1.73 bits per heavy atom. The molecule has 3 amide bonds. The van der Waals surface area contributed by atoms with E-state index >= 15 is 4.39 Å². The van der Waals surface area contributed by atoms with Crippen LogP contribution in [-0.2, 0) is 8.10 Å². The number of pyridine rings is 1. The smallest absolute Gasteiger partial charge is 0.435 e. The second-order valence-corrected chi connectivity index (χ2v) is 18.2. The van der Waals surface area contributed by atoms with E-state index in [1.54, 1.807) is 62.3 Å². The van der Waals surface area contributed by atoms with Gasteiger partial charge in [-0.2, -0.15) is 0 Å². The molecule has 5 rings (SSSR count). The van der Waals surface area contributed by atoms with Crippen molar-refractivity contribution in [1.82, 2.24) is 14.9 Å². The summed E-state index contributed by atoms with van der Waals surface area (Å²) in [4.78, 5) is 39.0. The van der Waals surface area contributed by atoms with E-state index in [0.717, 1.165) is 30.8 Å². The number of amides is 3. The predicted octanol–water partition coefficient (Wildman–Crippen LogP) is 6.55. The Hall–Kier alpha value is -2.35. The van der Waals surface area contributed by atoms with Crippen molar-refractivity contribution in [1.29, 1.82) is 0 Å². The second kappa shape index (κ2) is 15.5. The van der Waals surface area contributed by atoms with E-state index in [9.17, 15) is 9.59 Å². The largest absolute Gasteiger partial charge is 0.435 e. The average Bonchev–Trinajstić information content (AvgIpc) is 3.50. The van der Waals surface area contributed by atoms with Gasteiger partial charge < -0.3 is 9.73 Å². The van der Waals surface area contributed by atoms with Crippen molar-refractivity contribution < 1.29 is 18.4 Å². The summed E-state index contributed by atoms with van der Waals surface area (Å²) in [7, 11) is 0. The zero-order valence-electron chi connectivity index (χ0n) is 24.7. The van der Waals surface area contributed by atoms with Crippen LogP contribution >= 0.6 is 45.2 Å². The Morgan fingerprint density at radius 1 is 1.02 bits per heavy atom. The molecule has 0 bridgehead atoms. The molecule has 1 atom stereocenters. The van der Waals surface area contributed by atoms with Crippen LogP contribution in [0, 0.1) is 0 Å². The quantitative estimate of drug-likeness (QED) is 0.106. The molecule has 0 radical (unpaired) electrons. The fourth-order valence-electron chi connectivity index (χ4n) is 5.12. The van der Waals surface area contributed by atoms with E-state index < -0.39 is 7.59 Å². The maximum absolute atomic E-state index is 15.2. The summed E-state index contributed by atoms with van der Waals surface area (Å²) in [6.45, 7) is 4.43. The molecule has 1 fully saturated rings. The molecule has 1 saturated heterocycles. The van der Waals surface area contributed by atoms with Crippen LogP contribution in [0.15, 0.2) is 77.3 Å². The number of nitrogens with one attached hydrogen (secondary N) is 2. The molecule has 2 aromatic carbocycles. The zero-order chi connectivity index (χ0) is 32.0. The van der Waals surface area contributed by atoms with Gasteiger partial charge in [0, 0.05) is 5.92 Å². The van der Waals surface area contributed by atoms with Crippen LogP contribution in [0.25, 0.3) is 0 Å². The van der Waals surface area contributed by atoms with E-state index in [4.69, 9.17) is 4.42 Å². The van der Waals surface area contributed by atoms with Crippen LogP contribution < -0.4 is 18.7 Å². The molecule has 13 heteroatoms. The van der Waals surface area contributed by atoms with Gasteiger partial charge in [0.2, 0.25) is 5.76 Å². The minimum absolute atomic E-state index is 0.0363. The summed E-state index contributed by atoms with van der Waals surface area (Å²) in [6.07, 6.45) is 3.90. The third kappa shape index (κ3) is 8.93. The number of urea groups is 1. The number of hydrogen-bond donors (Lipinski definition) is 2. The summed E-state index contributed by atoms with van der Waals surface area (Å²) in [5.74, 6) is 0.335. The van der Waals surface area contributed by atoms with Gasteiger partial charge in [-0.25, -0.2) is 9.37 Å². The molecule has 1 aliphatic heterocycles. The number of para-hydroxylation sites is 1. The van der Waals surface area contributed by atoms with Gasteiger partial charge in [-0.3, -0.25) is 4.79 Å². The van der Waals surface area contributed by atoms with Gasteiger partial charge in [0.25, 0.3) is 7.59 Å². The number of carbonyl (C=O) groups excluding carboxylic acids is 2. The average molecular weight is 1030 g/mol.